The number of rotatable bonds is 9. The van der Waals surface area contributed by atoms with Crippen LogP contribution in [0.15, 0.2) is 55.9 Å². The number of nitrogens with zero attached hydrogens (tertiary/aromatic N) is 2. The van der Waals surface area contributed by atoms with E-state index in [1.54, 1.807) is 51.3 Å². The first kappa shape index (κ1) is 28.4. The summed E-state index contributed by atoms with van der Waals surface area (Å²) in [6.45, 7) is 6.05. The molecule has 0 bridgehead atoms. The topological polar surface area (TPSA) is 97.6 Å². The number of hydrogen-bond donors (Lipinski definition) is 0. The third kappa shape index (κ3) is 5.46. The molecule has 0 radical (unpaired) electrons. The lowest BCUT2D eigenvalue weighted by Gasteiger charge is -2.26. The van der Waals surface area contributed by atoms with E-state index in [4.69, 9.17) is 23.7 Å². The Morgan fingerprint density at radius 2 is 1.69 bits per heavy atom. The summed E-state index contributed by atoms with van der Waals surface area (Å²) in [5.74, 6) is 1.59. The molecular weight excluding hydrogens is 588 g/mol. The Bertz CT molecular complexity index is 1620. The summed E-state index contributed by atoms with van der Waals surface area (Å²) in [7, 11) is 4.63. The van der Waals surface area contributed by atoms with E-state index < -0.39 is 12.0 Å². The molecule has 39 heavy (non-hydrogen) atoms. The molecular formula is C28H29BrN2O7S. The molecule has 0 fully saturated rings. The van der Waals surface area contributed by atoms with Gasteiger partial charge in [-0.25, -0.2) is 9.79 Å². The van der Waals surface area contributed by atoms with E-state index in [-0.39, 0.29) is 17.7 Å². The van der Waals surface area contributed by atoms with Crippen molar-refractivity contribution in [1.29, 1.82) is 0 Å². The van der Waals surface area contributed by atoms with Gasteiger partial charge in [-0.2, -0.15) is 0 Å². The zero-order valence-electron chi connectivity index (χ0n) is 22.5. The number of aromatic nitrogens is 1. The second-order valence-corrected chi connectivity index (χ2v) is 10.2. The Kier molecular flexibility index (Phi) is 8.81. The molecule has 206 valence electrons. The number of halogens is 1. The number of hydrogen-bond acceptors (Lipinski definition) is 9. The van der Waals surface area contributed by atoms with Crippen molar-refractivity contribution < 1.29 is 28.5 Å². The number of fused-ring (bicyclic) bond motifs is 1. The first-order valence-corrected chi connectivity index (χ1v) is 13.8. The number of esters is 1. The fourth-order valence-corrected chi connectivity index (χ4v) is 5.95. The van der Waals surface area contributed by atoms with E-state index in [9.17, 15) is 9.59 Å². The van der Waals surface area contributed by atoms with Gasteiger partial charge in [0.2, 0.25) is 0 Å². The summed E-state index contributed by atoms with van der Waals surface area (Å²) < 4.78 is 30.0. The Morgan fingerprint density at radius 1 is 1.03 bits per heavy atom. The zero-order chi connectivity index (χ0) is 28.3. The molecule has 1 atom stereocenters. The standard InChI is InChI=1S/C28H29BrN2O7S/c1-7-37-19-10-9-16(11-20(19)34-4)12-23-26(32)31-25(17-13-21(35-5)22(36-6)14-18(17)29)24(27(33)38-8-2)15(3)30-28(31)39-23/h9-14,25H,7-8H2,1-6H3/b23-12-/t25-/m0/s1. The summed E-state index contributed by atoms with van der Waals surface area (Å²) in [4.78, 5) is 32.2. The van der Waals surface area contributed by atoms with Gasteiger partial charge in [0.25, 0.3) is 5.56 Å². The van der Waals surface area contributed by atoms with Crippen molar-refractivity contribution in [3.63, 3.8) is 0 Å². The van der Waals surface area contributed by atoms with Crippen LogP contribution in [0.25, 0.3) is 6.08 Å². The number of ether oxygens (including phenoxy) is 5. The van der Waals surface area contributed by atoms with Crippen LogP contribution in [0.2, 0.25) is 0 Å². The van der Waals surface area contributed by atoms with Crippen molar-refractivity contribution in [2.75, 3.05) is 34.5 Å². The minimum Gasteiger partial charge on any atom is -0.493 e. The van der Waals surface area contributed by atoms with Crippen LogP contribution in [0, 0.1) is 0 Å². The van der Waals surface area contributed by atoms with Gasteiger partial charge in [0.1, 0.15) is 0 Å². The Balaban J connectivity index is 1.96. The third-order valence-electron chi connectivity index (χ3n) is 6.10. The van der Waals surface area contributed by atoms with Crippen LogP contribution in [0.3, 0.4) is 0 Å². The zero-order valence-corrected chi connectivity index (χ0v) is 24.9. The number of allylic oxidation sites excluding steroid dienone is 1. The molecule has 4 rings (SSSR count). The lowest BCUT2D eigenvalue weighted by molar-refractivity contribution is -0.139. The Labute approximate surface area is 238 Å². The lowest BCUT2D eigenvalue weighted by atomic mass is 9.95. The average molecular weight is 618 g/mol. The van der Waals surface area contributed by atoms with Crippen LogP contribution in [-0.2, 0) is 9.53 Å². The number of carbonyl (C=O) groups excluding carboxylic acids is 1. The largest absolute Gasteiger partial charge is 0.493 e. The van der Waals surface area contributed by atoms with Crippen LogP contribution in [0.5, 0.6) is 23.0 Å². The van der Waals surface area contributed by atoms with Gasteiger partial charge in [-0.15, -0.1) is 0 Å². The van der Waals surface area contributed by atoms with Crippen molar-refractivity contribution in [3.05, 3.63) is 76.9 Å². The molecule has 0 amide bonds. The normalized spacial score (nSPS) is 14.9. The van der Waals surface area contributed by atoms with Crippen LogP contribution >= 0.6 is 27.3 Å². The summed E-state index contributed by atoms with van der Waals surface area (Å²) >= 11 is 4.84. The molecule has 11 heteroatoms. The molecule has 0 saturated heterocycles. The first-order chi connectivity index (χ1) is 18.8. The Hall–Kier alpha value is -3.57. The molecule has 0 N–H and O–H groups in total. The van der Waals surface area contributed by atoms with E-state index in [0.29, 0.717) is 54.7 Å². The van der Waals surface area contributed by atoms with Gasteiger partial charge in [-0.05, 0) is 62.2 Å². The second-order valence-electron chi connectivity index (χ2n) is 8.37. The molecule has 1 aliphatic heterocycles. The maximum Gasteiger partial charge on any atom is 0.338 e. The number of methoxy groups -OCH3 is 3. The smallest absolute Gasteiger partial charge is 0.338 e. The highest BCUT2D eigenvalue weighted by atomic mass is 79.9. The highest BCUT2D eigenvalue weighted by Crippen LogP contribution is 2.40. The molecule has 0 saturated carbocycles. The van der Waals surface area contributed by atoms with Crippen LogP contribution in [-0.4, -0.2) is 45.1 Å². The average Bonchev–Trinajstić information content (AvgIpc) is 3.22. The minimum absolute atomic E-state index is 0.180. The second kappa shape index (κ2) is 12.1. The molecule has 0 spiro atoms. The van der Waals surface area contributed by atoms with Gasteiger partial charge in [0.05, 0.1) is 56.4 Å². The Morgan fingerprint density at radius 3 is 2.33 bits per heavy atom. The van der Waals surface area contributed by atoms with Crippen LogP contribution in [0.4, 0.5) is 0 Å². The van der Waals surface area contributed by atoms with Crippen molar-refractivity contribution in [2.45, 2.75) is 26.8 Å². The minimum atomic E-state index is -0.813. The molecule has 2 aromatic carbocycles. The van der Waals surface area contributed by atoms with E-state index in [0.717, 1.165) is 5.56 Å². The number of thiazole rings is 1. The van der Waals surface area contributed by atoms with E-state index in [1.807, 2.05) is 13.0 Å². The summed E-state index contributed by atoms with van der Waals surface area (Å²) in [6, 6.07) is 8.14. The first-order valence-electron chi connectivity index (χ1n) is 12.2. The number of benzene rings is 2. The molecule has 0 unspecified atom stereocenters. The monoisotopic (exact) mass is 616 g/mol. The number of carbonyl (C=O) groups is 1. The van der Waals surface area contributed by atoms with Crippen molar-refractivity contribution in [1.82, 2.24) is 4.57 Å². The van der Waals surface area contributed by atoms with Gasteiger partial charge < -0.3 is 23.7 Å². The maximum absolute atomic E-state index is 13.9. The molecule has 1 aromatic heterocycles. The predicted octanol–water partition coefficient (Wildman–Crippen LogP) is 3.99. The lowest BCUT2D eigenvalue weighted by Crippen LogP contribution is -2.40. The van der Waals surface area contributed by atoms with Gasteiger partial charge >= 0.3 is 5.97 Å². The third-order valence-corrected chi connectivity index (χ3v) is 7.77. The predicted molar refractivity (Wildman–Crippen MR) is 152 cm³/mol. The van der Waals surface area contributed by atoms with Gasteiger partial charge in [0, 0.05) is 4.47 Å². The maximum atomic E-state index is 13.9. The highest BCUT2D eigenvalue weighted by molar-refractivity contribution is 9.10. The van der Waals surface area contributed by atoms with E-state index >= 15 is 0 Å². The van der Waals surface area contributed by atoms with Crippen molar-refractivity contribution in [2.24, 2.45) is 4.99 Å². The molecule has 3 aromatic rings. The van der Waals surface area contributed by atoms with Gasteiger partial charge in [-0.3, -0.25) is 9.36 Å². The quantitative estimate of drug-likeness (QED) is 0.335. The van der Waals surface area contributed by atoms with Gasteiger partial charge in [-0.1, -0.05) is 33.3 Å². The highest BCUT2D eigenvalue weighted by Gasteiger charge is 2.35. The summed E-state index contributed by atoms with van der Waals surface area (Å²) in [6.07, 6.45) is 1.77. The fraction of sp³-hybridized carbons (Fsp3) is 0.321. The SMILES string of the molecule is CCOC(=O)C1=C(C)N=c2s/c(=C\c3ccc(OCC)c(OC)c3)c(=O)n2[C@H]1c1cc(OC)c(OC)cc1Br. The van der Waals surface area contributed by atoms with Crippen molar-refractivity contribution >= 4 is 39.3 Å². The summed E-state index contributed by atoms with van der Waals surface area (Å²) in [5.41, 5.74) is 1.82. The molecule has 9 nitrogen and oxygen atoms in total. The van der Waals surface area contributed by atoms with E-state index in [2.05, 4.69) is 20.9 Å². The summed E-state index contributed by atoms with van der Waals surface area (Å²) in [5, 5.41) is 0. The fourth-order valence-electron chi connectivity index (χ4n) is 4.37. The molecule has 1 aliphatic rings. The molecule has 0 aliphatic carbocycles. The molecule has 2 heterocycles. The van der Waals surface area contributed by atoms with Gasteiger partial charge in [0.15, 0.2) is 27.8 Å². The van der Waals surface area contributed by atoms with Crippen molar-refractivity contribution in [3.8, 4) is 23.0 Å². The van der Waals surface area contributed by atoms with E-state index in [1.165, 1.54) is 30.1 Å². The van der Waals surface area contributed by atoms with Crippen LogP contribution < -0.4 is 33.8 Å². The van der Waals surface area contributed by atoms with Crippen LogP contribution in [0.1, 0.15) is 37.9 Å².